The van der Waals surface area contributed by atoms with Crippen molar-refractivity contribution in [2.45, 2.75) is 6.92 Å². The predicted octanol–water partition coefficient (Wildman–Crippen LogP) is 4.49. The summed E-state index contributed by atoms with van der Waals surface area (Å²) in [5, 5.41) is 0.716. The van der Waals surface area contributed by atoms with Gasteiger partial charge in [0.05, 0.1) is 19.7 Å². The molecule has 0 saturated carbocycles. The van der Waals surface area contributed by atoms with E-state index in [1.54, 1.807) is 57.7 Å². The van der Waals surface area contributed by atoms with Gasteiger partial charge in [-0.1, -0.05) is 12.1 Å². The lowest BCUT2D eigenvalue weighted by atomic mass is 10.1. The Balaban J connectivity index is 2.14. The van der Waals surface area contributed by atoms with Crippen molar-refractivity contribution in [3.05, 3.63) is 54.0 Å². The van der Waals surface area contributed by atoms with Crippen molar-refractivity contribution in [3.63, 3.8) is 0 Å². The number of aromatic nitrogens is 1. The molecule has 118 valence electrons. The molecule has 3 rings (SSSR count). The summed E-state index contributed by atoms with van der Waals surface area (Å²) >= 11 is 0. The fourth-order valence-electron chi connectivity index (χ4n) is 2.39. The Labute approximate surface area is 133 Å². The van der Waals surface area contributed by atoms with Crippen molar-refractivity contribution in [1.29, 1.82) is 0 Å². The highest BCUT2D eigenvalue weighted by molar-refractivity contribution is 5.88. The van der Waals surface area contributed by atoms with Crippen molar-refractivity contribution >= 4 is 10.9 Å². The molecule has 0 unspecified atom stereocenters. The highest BCUT2D eigenvalue weighted by atomic mass is 19.1. The normalized spacial score (nSPS) is 10.6. The molecule has 0 bridgehead atoms. The summed E-state index contributed by atoms with van der Waals surface area (Å²) in [7, 11) is 3.12. The summed E-state index contributed by atoms with van der Waals surface area (Å²) in [5.41, 5.74) is 1.39. The molecule has 0 atom stereocenters. The van der Waals surface area contributed by atoms with Crippen LogP contribution in [-0.2, 0) is 0 Å². The van der Waals surface area contributed by atoms with E-state index in [2.05, 4.69) is 4.98 Å². The van der Waals surface area contributed by atoms with Gasteiger partial charge in [-0.05, 0) is 30.7 Å². The lowest BCUT2D eigenvalue weighted by Crippen LogP contribution is -1.95. The minimum atomic E-state index is -0.407. The molecule has 2 aromatic carbocycles. The van der Waals surface area contributed by atoms with Gasteiger partial charge in [0.1, 0.15) is 5.75 Å². The van der Waals surface area contributed by atoms with Crippen LogP contribution >= 0.6 is 0 Å². The van der Waals surface area contributed by atoms with Crippen LogP contribution < -0.4 is 14.2 Å². The maximum Gasteiger partial charge on any atom is 0.165 e. The van der Waals surface area contributed by atoms with E-state index in [1.807, 2.05) is 0 Å². The second kappa shape index (κ2) is 6.12. The van der Waals surface area contributed by atoms with E-state index in [1.165, 1.54) is 6.07 Å². The van der Waals surface area contributed by atoms with E-state index in [0.29, 0.717) is 28.2 Å². The summed E-state index contributed by atoms with van der Waals surface area (Å²) in [6.45, 7) is 1.80. The molecular weight excluding hydrogens is 297 g/mol. The van der Waals surface area contributed by atoms with Crippen LogP contribution in [0.25, 0.3) is 10.9 Å². The number of para-hydroxylation sites is 1. The highest BCUT2D eigenvalue weighted by Gasteiger charge is 2.13. The standard InChI is InChI=1S/C18H16FNO3/c1-11-5-4-6-13(19)18(11)23-15-7-8-20-14-10-17(22-3)16(21-2)9-12(14)15/h4-10H,1-3H3. The first kappa shape index (κ1) is 15.1. The predicted molar refractivity (Wildman–Crippen MR) is 86.1 cm³/mol. The Morgan fingerprint density at radius 3 is 2.39 bits per heavy atom. The Kier molecular flexibility index (Phi) is 4.02. The van der Waals surface area contributed by atoms with Crippen molar-refractivity contribution in [1.82, 2.24) is 4.98 Å². The fraction of sp³-hybridized carbons (Fsp3) is 0.167. The third-order valence-corrected chi connectivity index (χ3v) is 3.58. The molecule has 3 aromatic rings. The number of pyridine rings is 1. The first-order valence-corrected chi connectivity index (χ1v) is 7.07. The van der Waals surface area contributed by atoms with E-state index in [4.69, 9.17) is 14.2 Å². The second-order valence-corrected chi connectivity index (χ2v) is 5.02. The van der Waals surface area contributed by atoms with Gasteiger partial charge in [-0.25, -0.2) is 4.39 Å². The number of fused-ring (bicyclic) bond motifs is 1. The van der Waals surface area contributed by atoms with Gasteiger partial charge in [0, 0.05) is 17.6 Å². The third-order valence-electron chi connectivity index (χ3n) is 3.58. The third kappa shape index (κ3) is 2.77. The molecular formula is C18H16FNO3. The lowest BCUT2D eigenvalue weighted by molar-refractivity contribution is 0.355. The zero-order chi connectivity index (χ0) is 16.4. The molecule has 0 aliphatic carbocycles. The summed E-state index contributed by atoms with van der Waals surface area (Å²) in [6, 6.07) is 10.0. The smallest absolute Gasteiger partial charge is 0.165 e. The molecule has 0 amide bonds. The van der Waals surface area contributed by atoms with Crippen LogP contribution in [-0.4, -0.2) is 19.2 Å². The molecule has 0 aliphatic rings. The molecule has 0 fully saturated rings. The van der Waals surface area contributed by atoms with Crippen LogP contribution in [0.5, 0.6) is 23.0 Å². The van der Waals surface area contributed by atoms with Crippen molar-refractivity contribution in [2.75, 3.05) is 14.2 Å². The van der Waals surface area contributed by atoms with Crippen molar-refractivity contribution in [3.8, 4) is 23.0 Å². The maximum atomic E-state index is 14.0. The Hall–Kier alpha value is -2.82. The van der Waals surface area contributed by atoms with E-state index in [9.17, 15) is 4.39 Å². The van der Waals surface area contributed by atoms with E-state index in [0.717, 1.165) is 5.56 Å². The first-order chi connectivity index (χ1) is 11.1. The molecule has 1 heterocycles. The molecule has 0 saturated heterocycles. The average molecular weight is 313 g/mol. The summed E-state index contributed by atoms with van der Waals surface area (Å²) in [4.78, 5) is 4.30. The Morgan fingerprint density at radius 1 is 0.957 bits per heavy atom. The molecule has 5 heteroatoms. The molecule has 23 heavy (non-hydrogen) atoms. The van der Waals surface area contributed by atoms with Crippen LogP contribution in [0.2, 0.25) is 0 Å². The zero-order valence-electron chi connectivity index (χ0n) is 13.1. The fourth-order valence-corrected chi connectivity index (χ4v) is 2.39. The number of ether oxygens (including phenoxy) is 3. The first-order valence-electron chi connectivity index (χ1n) is 7.07. The van der Waals surface area contributed by atoms with Crippen LogP contribution in [0.4, 0.5) is 4.39 Å². The summed E-state index contributed by atoms with van der Waals surface area (Å²) < 4.78 is 30.4. The monoisotopic (exact) mass is 313 g/mol. The minimum Gasteiger partial charge on any atom is -0.493 e. The number of methoxy groups -OCH3 is 2. The summed E-state index contributed by atoms with van der Waals surface area (Å²) in [5.74, 6) is 1.43. The minimum absolute atomic E-state index is 0.204. The number of hydrogen-bond acceptors (Lipinski definition) is 4. The molecule has 0 N–H and O–H groups in total. The number of hydrogen-bond donors (Lipinski definition) is 0. The number of rotatable bonds is 4. The average Bonchev–Trinajstić information content (AvgIpc) is 2.57. The zero-order valence-corrected chi connectivity index (χ0v) is 13.1. The van der Waals surface area contributed by atoms with E-state index in [-0.39, 0.29) is 5.75 Å². The van der Waals surface area contributed by atoms with Gasteiger partial charge in [-0.15, -0.1) is 0 Å². The van der Waals surface area contributed by atoms with Crippen LogP contribution in [0.15, 0.2) is 42.6 Å². The Morgan fingerprint density at radius 2 is 1.70 bits per heavy atom. The van der Waals surface area contributed by atoms with Crippen molar-refractivity contribution < 1.29 is 18.6 Å². The Bertz CT molecular complexity index is 844. The van der Waals surface area contributed by atoms with Gasteiger partial charge in [0.25, 0.3) is 0 Å². The molecule has 1 aromatic heterocycles. The molecule has 0 aliphatic heterocycles. The van der Waals surface area contributed by atoms with Gasteiger partial charge in [-0.3, -0.25) is 4.98 Å². The number of aryl methyl sites for hydroxylation is 1. The van der Waals surface area contributed by atoms with Gasteiger partial charge < -0.3 is 14.2 Å². The maximum absolute atomic E-state index is 14.0. The van der Waals surface area contributed by atoms with E-state index >= 15 is 0 Å². The van der Waals surface area contributed by atoms with E-state index < -0.39 is 5.82 Å². The largest absolute Gasteiger partial charge is 0.493 e. The SMILES string of the molecule is COc1cc2nccc(Oc3c(C)cccc3F)c2cc1OC. The van der Waals surface area contributed by atoms with Gasteiger partial charge in [0.2, 0.25) is 0 Å². The molecule has 0 spiro atoms. The quantitative estimate of drug-likeness (QED) is 0.711. The number of benzene rings is 2. The van der Waals surface area contributed by atoms with Gasteiger partial charge in [-0.2, -0.15) is 0 Å². The topological polar surface area (TPSA) is 40.6 Å². The van der Waals surface area contributed by atoms with Crippen molar-refractivity contribution in [2.24, 2.45) is 0 Å². The number of nitrogens with zero attached hydrogens (tertiary/aromatic N) is 1. The van der Waals surface area contributed by atoms with Gasteiger partial charge >= 0.3 is 0 Å². The second-order valence-electron chi connectivity index (χ2n) is 5.02. The molecule has 0 radical (unpaired) electrons. The molecule has 4 nitrogen and oxygen atoms in total. The highest BCUT2D eigenvalue weighted by Crippen LogP contribution is 2.37. The lowest BCUT2D eigenvalue weighted by Gasteiger charge is -2.13. The van der Waals surface area contributed by atoms with Crippen LogP contribution in [0, 0.1) is 12.7 Å². The summed E-state index contributed by atoms with van der Waals surface area (Å²) in [6.07, 6.45) is 1.61. The number of halogens is 1. The van der Waals surface area contributed by atoms with Crippen LogP contribution in [0.1, 0.15) is 5.56 Å². The van der Waals surface area contributed by atoms with Crippen LogP contribution in [0.3, 0.4) is 0 Å². The van der Waals surface area contributed by atoms with Gasteiger partial charge in [0.15, 0.2) is 23.1 Å².